The molecule has 0 aliphatic heterocycles. The first-order chi connectivity index (χ1) is 29.3. The Morgan fingerprint density at radius 2 is 0.933 bits per heavy atom. The number of aromatic nitrogens is 2. The molecule has 7 aromatic carbocycles. The van der Waals surface area contributed by atoms with E-state index < -0.39 is 0 Å². The number of hydrogen-bond donors (Lipinski definition) is 0. The second-order valence-corrected chi connectivity index (χ2v) is 17.1. The van der Waals surface area contributed by atoms with Gasteiger partial charge in [0.2, 0.25) is 0 Å². The van der Waals surface area contributed by atoms with Crippen LogP contribution < -0.4 is 9.80 Å². The molecule has 0 fully saturated rings. The molecule has 0 atom stereocenters. The Labute approximate surface area is 352 Å². The lowest BCUT2D eigenvalue weighted by molar-refractivity contribution is 0.631. The zero-order valence-corrected chi connectivity index (χ0v) is 34.3. The van der Waals surface area contributed by atoms with Crippen LogP contribution in [0.15, 0.2) is 194 Å². The number of fused-ring (bicyclic) bond motifs is 7. The lowest BCUT2D eigenvalue weighted by Gasteiger charge is -2.28. The molecular weight excluding hydrogens is 729 g/mol. The molecule has 0 saturated carbocycles. The SMILES string of the molecule is CC1(C)c2cc(-c3ccc(N(c4ccccc4)c4ccccc4)cn3)ccc2-c2nc3c(cc21)-c1ccc(N(c2ccccc2)c2ccc4ccccc4c2)cc1C3(C)C. The van der Waals surface area contributed by atoms with E-state index in [4.69, 9.17) is 9.97 Å². The van der Waals surface area contributed by atoms with E-state index in [0.717, 1.165) is 56.8 Å². The summed E-state index contributed by atoms with van der Waals surface area (Å²) in [4.78, 5) is 15.3. The highest BCUT2D eigenvalue weighted by Gasteiger charge is 2.43. The van der Waals surface area contributed by atoms with E-state index in [2.05, 4.69) is 213 Å². The van der Waals surface area contributed by atoms with Gasteiger partial charge in [0.05, 0.1) is 29.0 Å². The highest BCUT2D eigenvalue weighted by molar-refractivity contribution is 5.92. The van der Waals surface area contributed by atoms with Crippen LogP contribution >= 0.6 is 0 Å². The van der Waals surface area contributed by atoms with Gasteiger partial charge >= 0.3 is 0 Å². The van der Waals surface area contributed by atoms with Crippen LogP contribution in [-0.4, -0.2) is 9.97 Å². The van der Waals surface area contributed by atoms with Crippen molar-refractivity contribution >= 4 is 44.9 Å². The van der Waals surface area contributed by atoms with E-state index in [1.54, 1.807) is 0 Å². The Hall–Kier alpha value is -7.30. The molecule has 0 N–H and O–H groups in total. The van der Waals surface area contributed by atoms with Gasteiger partial charge in [0.1, 0.15) is 0 Å². The van der Waals surface area contributed by atoms with Crippen LogP contribution in [0.5, 0.6) is 0 Å². The Kier molecular flexibility index (Phi) is 8.15. The quantitative estimate of drug-likeness (QED) is 0.161. The minimum absolute atomic E-state index is 0.243. The van der Waals surface area contributed by atoms with E-state index in [0.29, 0.717) is 0 Å². The fourth-order valence-electron chi connectivity index (χ4n) is 9.63. The van der Waals surface area contributed by atoms with Crippen LogP contribution in [0, 0.1) is 0 Å². The summed E-state index contributed by atoms with van der Waals surface area (Å²) in [6.45, 7) is 9.35. The molecule has 2 heterocycles. The van der Waals surface area contributed by atoms with Gasteiger partial charge in [-0.05, 0) is 118 Å². The summed E-state index contributed by atoms with van der Waals surface area (Å²) in [6.07, 6.45) is 1.99. The Morgan fingerprint density at radius 1 is 0.383 bits per heavy atom. The smallest absolute Gasteiger partial charge is 0.0750 e. The summed E-state index contributed by atoms with van der Waals surface area (Å²) in [5, 5.41) is 2.46. The lowest BCUT2D eigenvalue weighted by Crippen LogP contribution is -2.19. The first kappa shape index (κ1) is 35.8. The average Bonchev–Trinajstić information content (AvgIpc) is 3.65. The highest BCUT2D eigenvalue weighted by Crippen LogP contribution is 2.56. The molecule has 0 saturated heterocycles. The Balaban J connectivity index is 0.946. The molecule has 2 aliphatic carbocycles. The molecule has 288 valence electrons. The predicted octanol–water partition coefficient (Wildman–Crippen LogP) is 14.8. The van der Waals surface area contributed by atoms with Crippen molar-refractivity contribution in [1.29, 1.82) is 0 Å². The molecule has 0 radical (unpaired) electrons. The number of benzene rings is 7. The monoisotopic (exact) mass is 772 g/mol. The fraction of sp³-hybridized carbons (Fsp3) is 0.107. The van der Waals surface area contributed by atoms with Crippen molar-refractivity contribution in [2.75, 3.05) is 9.80 Å². The predicted molar refractivity (Wildman–Crippen MR) is 249 cm³/mol. The maximum absolute atomic E-state index is 5.62. The summed E-state index contributed by atoms with van der Waals surface area (Å²) in [5.41, 5.74) is 17.9. The Morgan fingerprint density at radius 3 is 1.58 bits per heavy atom. The van der Waals surface area contributed by atoms with E-state index in [-0.39, 0.29) is 10.8 Å². The first-order valence-corrected chi connectivity index (χ1v) is 20.8. The normalized spacial score (nSPS) is 13.9. The minimum atomic E-state index is -0.298. The molecule has 60 heavy (non-hydrogen) atoms. The van der Waals surface area contributed by atoms with Crippen LogP contribution in [0.3, 0.4) is 0 Å². The summed E-state index contributed by atoms with van der Waals surface area (Å²) in [7, 11) is 0. The van der Waals surface area contributed by atoms with E-state index in [1.165, 1.54) is 44.2 Å². The summed E-state index contributed by atoms with van der Waals surface area (Å²) in [6, 6.07) is 67.5. The largest absolute Gasteiger partial charge is 0.310 e. The van der Waals surface area contributed by atoms with Gasteiger partial charge in [-0.15, -0.1) is 0 Å². The highest BCUT2D eigenvalue weighted by atomic mass is 15.2. The zero-order valence-electron chi connectivity index (χ0n) is 34.3. The standard InChI is InChI=1S/C56H44N4/c1-55(2)49-33-39(52-31-28-45(36-57-52)59(40-18-8-5-9-19-40)41-20-10-6-11-21-41)25-29-47(49)53-51(55)35-48-46-30-27-44(34-50(46)56(3,4)54(48)58-53)60(42-22-12-7-13-23-42)43-26-24-37-16-14-15-17-38(37)32-43/h5-36H,1-4H3. The van der Waals surface area contributed by atoms with Gasteiger partial charge in [0.15, 0.2) is 0 Å². The van der Waals surface area contributed by atoms with Gasteiger partial charge in [-0.2, -0.15) is 0 Å². The summed E-state index contributed by atoms with van der Waals surface area (Å²) >= 11 is 0. The number of pyridine rings is 2. The summed E-state index contributed by atoms with van der Waals surface area (Å²) < 4.78 is 0. The molecule has 9 aromatic rings. The van der Waals surface area contributed by atoms with Gasteiger partial charge in [-0.1, -0.05) is 131 Å². The molecule has 4 heteroatoms. The van der Waals surface area contributed by atoms with Crippen LogP contribution in [0.25, 0.3) is 44.4 Å². The molecular formula is C56H44N4. The first-order valence-electron chi connectivity index (χ1n) is 20.8. The fourth-order valence-corrected chi connectivity index (χ4v) is 9.63. The van der Waals surface area contributed by atoms with Gasteiger partial charge < -0.3 is 9.80 Å². The minimum Gasteiger partial charge on any atom is -0.310 e. The lowest BCUT2D eigenvalue weighted by atomic mass is 9.81. The van der Waals surface area contributed by atoms with Crippen molar-refractivity contribution in [2.24, 2.45) is 0 Å². The molecule has 0 unspecified atom stereocenters. The molecule has 0 amide bonds. The van der Waals surface area contributed by atoms with Gasteiger partial charge in [0.25, 0.3) is 0 Å². The number of anilines is 6. The molecule has 11 rings (SSSR count). The van der Waals surface area contributed by atoms with Crippen molar-refractivity contribution in [3.05, 3.63) is 217 Å². The van der Waals surface area contributed by atoms with Crippen LogP contribution in [-0.2, 0) is 10.8 Å². The van der Waals surface area contributed by atoms with Crippen molar-refractivity contribution in [2.45, 2.75) is 38.5 Å². The molecule has 0 spiro atoms. The second kappa shape index (κ2) is 13.6. The molecule has 4 nitrogen and oxygen atoms in total. The van der Waals surface area contributed by atoms with E-state index >= 15 is 0 Å². The second-order valence-electron chi connectivity index (χ2n) is 17.1. The number of para-hydroxylation sites is 3. The third-order valence-electron chi connectivity index (χ3n) is 12.8. The maximum atomic E-state index is 5.62. The molecule has 2 aromatic heterocycles. The number of rotatable bonds is 7. The van der Waals surface area contributed by atoms with Crippen LogP contribution in [0.4, 0.5) is 34.1 Å². The van der Waals surface area contributed by atoms with Crippen molar-refractivity contribution < 1.29 is 0 Å². The molecule has 2 aliphatic rings. The third kappa shape index (κ3) is 5.66. The average molecular weight is 773 g/mol. The maximum Gasteiger partial charge on any atom is 0.0750 e. The van der Waals surface area contributed by atoms with Crippen molar-refractivity contribution in [3.8, 4) is 33.6 Å². The van der Waals surface area contributed by atoms with Crippen LogP contribution in [0.2, 0.25) is 0 Å². The number of nitrogens with zero attached hydrogens (tertiary/aromatic N) is 4. The third-order valence-corrected chi connectivity index (χ3v) is 12.8. The summed E-state index contributed by atoms with van der Waals surface area (Å²) in [5.74, 6) is 0. The zero-order chi connectivity index (χ0) is 40.6. The van der Waals surface area contributed by atoms with Crippen molar-refractivity contribution in [1.82, 2.24) is 9.97 Å². The van der Waals surface area contributed by atoms with E-state index in [9.17, 15) is 0 Å². The number of hydrogen-bond acceptors (Lipinski definition) is 4. The van der Waals surface area contributed by atoms with Gasteiger partial charge in [-0.3, -0.25) is 9.97 Å². The Bertz CT molecular complexity index is 3040. The van der Waals surface area contributed by atoms with Gasteiger partial charge in [-0.25, -0.2) is 0 Å². The van der Waals surface area contributed by atoms with Gasteiger partial charge in [0, 0.05) is 56.0 Å². The van der Waals surface area contributed by atoms with Crippen molar-refractivity contribution in [3.63, 3.8) is 0 Å². The van der Waals surface area contributed by atoms with E-state index in [1.807, 2.05) is 18.3 Å². The van der Waals surface area contributed by atoms with Crippen LogP contribution in [0.1, 0.15) is 50.1 Å². The topological polar surface area (TPSA) is 32.3 Å². The molecule has 0 bridgehead atoms.